The van der Waals surface area contributed by atoms with Gasteiger partial charge in [-0.2, -0.15) is 0 Å². The summed E-state index contributed by atoms with van der Waals surface area (Å²) >= 11 is 0. The average molecular weight is 261 g/mol. The van der Waals surface area contributed by atoms with Crippen molar-refractivity contribution >= 4 is 23.2 Å². The molecule has 0 aliphatic carbocycles. The van der Waals surface area contributed by atoms with Gasteiger partial charge in [0.15, 0.2) is 0 Å². The van der Waals surface area contributed by atoms with Crippen molar-refractivity contribution in [2.24, 2.45) is 0 Å². The molecule has 1 amide bonds. The largest absolute Gasteiger partial charge is 0.311 e. The molecule has 0 atom stereocenters. The van der Waals surface area contributed by atoms with Gasteiger partial charge < -0.3 is 4.90 Å². The van der Waals surface area contributed by atoms with Crippen molar-refractivity contribution < 1.29 is 4.79 Å². The van der Waals surface area contributed by atoms with Crippen LogP contribution in [0.15, 0.2) is 66.7 Å². The molecule has 3 rings (SSSR count). The minimum Gasteiger partial charge on any atom is -0.311 e. The van der Waals surface area contributed by atoms with E-state index in [1.165, 1.54) is 0 Å². The van der Waals surface area contributed by atoms with Crippen LogP contribution >= 0.6 is 0 Å². The number of benzene rings is 2. The number of allylic oxidation sites excluding steroid dienone is 2. The number of rotatable bonds is 2. The van der Waals surface area contributed by atoms with Gasteiger partial charge in [-0.15, -0.1) is 0 Å². The highest BCUT2D eigenvalue weighted by atomic mass is 16.2. The summed E-state index contributed by atoms with van der Waals surface area (Å²) in [6, 6.07) is 17.9. The molecule has 98 valence electrons. The first-order valence-corrected chi connectivity index (χ1v) is 6.58. The molecule has 0 saturated heterocycles. The molecule has 20 heavy (non-hydrogen) atoms. The minimum absolute atomic E-state index is 0.0453. The van der Waals surface area contributed by atoms with Gasteiger partial charge in [-0.05, 0) is 17.7 Å². The third-order valence-electron chi connectivity index (χ3n) is 3.44. The molecule has 0 saturated carbocycles. The number of amides is 1. The maximum absolute atomic E-state index is 12.2. The average Bonchev–Trinajstić information content (AvgIpc) is 2.74. The van der Waals surface area contributed by atoms with Crippen molar-refractivity contribution in [3.8, 4) is 0 Å². The monoisotopic (exact) mass is 261 g/mol. The van der Waals surface area contributed by atoms with E-state index < -0.39 is 0 Å². The fraction of sp³-hybridized carbons (Fsp3) is 0.0556. The molecule has 0 radical (unpaired) electrons. The van der Waals surface area contributed by atoms with E-state index in [4.69, 9.17) is 0 Å². The summed E-state index contributed by atoms with van der Waals surface area (Å²) in [4.78, 5) is 13.9. The van der Waals surface area contributed by atoms with Crippen molar-refractivity contribution in [2.45, 2.75) is 0 Å². The Morgan fingerprint density at radius 3 is 2.45 bits per heavy atom. The lowest BCUT2D eigenvalue weighted by Crippen LogP contribution is -2.20. The first-order valence-electron chi connectivity index (χ1n) is 6.58. The molecule has 2 nitrogen and oxygen atoms in total. The first kappa shape index (κ1) is 12.4. The molecule has 1 heterocycles. The number of hydrogen-bond acceptors (Lipinski definition) is 1. The van der Waals surface area contributed by atoms with Crippen LogP contribution in [-0.4, -0.2) is 13.0 Å². The van der Waals surface area contributed by atoms with Crippen LogP contribution in [0.2, 0.25) is 0 Å². The number of carbonyl (C=O) groups excluding carboxylic acids is 1. The lowest BCUT2D eigenvalue weighted by atomic mass is 10.1. The fourth-order valence-corrected chi connectivity index (χ4v) is 2.38. The summed E-state index contributed by atoms with van der Waals surface area (Å²) in [6.07, 6.45) is 5.82. The maximum atomic E-state index is 12.2. The number of carbonyl (C=O) groups is 1. The molecule has 2 aromatic rings. The zero-order valence-corrected chi connectivity index (χ0v) is 11.3. The Balaban J connectivity index is 1.93. The van der Waals surface area contributed by atoms with Gasteiger partial charge >= 0.3 is 0 Å². The molecule has 0 unspecified atom stereocenters. The van der Waals surface area contributed by atoms with Crippen LogP contribution in [0.5, 0.6) is 0 Å². The molecule has 0 bridgehead atoms. The molecular weight excluding hydrogens is 246 g/mol. The van der Waals surface area contributed by atoms with Gasteiger partial charge in [-0.3, -0.25) is 4.79 Å². The van der Waals surface area contributed by atoms with Crippen LogP contribution in [0, 0.1) is 0 Å². The van der Waals surface area contributed by atoms with E-state index in [0.717, 1.165) is 22.4 Å². The Bertz CT molecular complexity index is 698. The summed E-state index contributed by atoms with van der Waals surface area (Å²) in [6.45, 7) is 0. The standard InChI is InChI=1S/C18H15NO/c1-19-17-13-6-5-11-15(17)16(18(19)20)12-7-10-14-8-3-2-4-9-14/h2-13H,1H3/b10-7+,16-12+. The zero-order chi connectivity index (χ0) is 13.9. The van der Waals surface area contributed by atoms with Crippen LogP contribution in [0.4, 0.5) is 5.69 Å². The third kappa shape index (κ3) is 2.16. The number of para-hydroxylation sites is 1. The lowest BCUT2D eigenvalue weighted by molar-refractivity contribution is -0.112. The van der Waals surface area contributed by atoms with Crippen molar-refractivity contribution in [1.29, 1.82) is 0 Å². The van der Waals surface area contributed by atoms with E-state index >= 15 is 0 Å². The van der Waals surface area contributed by atoms with Crippen molar-refractivity contribution in [1.82, 2.24) is 0 Å². The highest BCUT2D eigenvalue weighted by Gasteiger charge is 2.28. The van der Waals surface area contributed by atoms with E-state index in [1.807, 2.05) is 79.9 Å². The molecule has 2 aromatic carbocycles. The normalized spacial score (nSPS) is 16.1. The Hall–Kier alpha value is -2.61. The van der Waals surface area contributed by atoms with Crippen LogP contribution in [-0.2, 0) is 4.79 Å². The topological polar surface area (TPSA) is 20.3 Å². The first-order chi connectivity index (χ1) is 9.77. The highest BCUT2D eigenvalue weighted by Crippen LogP contribution is 2.35. The van der Waals surface area contributed by atoms with Gasteiger partial charge in [0.2, 0.25) is 0 Å². The van der Waals surface area contributed by atoms with Gasteiger partial charge in [-0.1, -0.05) is 60.7 Å². The summed E-state index contributed by atoms with van der Waals surface area (Å²) in [5.41, 5.74) is 3.83. The second-order valence-corrected chi connectivity index (χ2v) is 4.73. The van der Waals surface area contributed by atoms with Gasteiger partial charge in [0, 0.05) is 18.2 Å². The summed E-state index contributed by atoms with van der Waals surface area (Å²) in [5.74, 6) is 0.0453. The van der Waals surface area contributed by atoms with Crippen molar-refractivity contribution in [3.63, 3.8) is 0 Å². The smallest absolute Gasteiger partial charge is 0.258 e. The summed E-state index contributed by atoms with van der Waals surface area (Å²) in [5, 5.41) is 0. The summed E-state index contributed by atoms with van der Waals surface area (Å²) in [7, 11) is 1.81. The van der Waals surface area contributed by atoms with Crippen molar-refractivity contribution in [2.75, 3.05) is 11.9 Å². The quantitative estimate of drug-likeness (QED) is 0.754. The van der Waals surface area contributed by atoms with E-state index in [0.29, 0.717) is 0 Å². The van der Waals surface area contributed by atoms with Gasteiger partial charge in [0.05, 0.1) is 5.69 Å². The number of likely N-dealkylation sites (N-methyl/N-ethyl adjacent to an activating group) is 1. The van der Waals surface area contributed by atoms with Crippen LogP contribution < -0.4 is 4.90 Å². The zero-order valence-electron chi connectivity index (χ0n) is 11.3. The Morgan fingerprint density at radius 1 is 0.950 bits per heavy atom. The molecule has 0 spiro atoms. The SMILES string of the molecule is CN1C(=O)/C(=C/C=C/c2ccccc2)c2ccccc21. The van der Waals surface area contributed by atoms with E-state index in [-0.39, 0.29) is 5.91 Å². The molecule has 0 aromatic heterocycles. The molecular formula is C18H15NO. The Labute approximate surface area is 118 Å². The number of nitrogens with zero attached hydrogens (tertiary/aromatic N) is 1. The van der Waals surface area contributed by atoms with Crippen LogP contribution in [0.3, 0.4) is 0 Å². The molecule has 2 heteroatoms. The van der Waals surface area contributed by atoms with Crippen LogP contribution in [0.1, 0.15) is 11.1 Å². The fourth-order valence-electron chi connectivity index (χ4n) is 2.38. The summed E-state index contributed by atoms with van der Waals surface area (Å²) < 4.78 is 0. The van der Waals surface area contributed by atoms with Gasteiger partial charge in [0.1, 0.15) is 0 Å². The number of hydrogen-bond donors (Lipinski definition) is 0. The second-order valence-electron chi connectivity index (χ2n) is 4.73. The predicted octanol–water partition coefficient (Wildman–Crippen LogP) is 3.76. The highest BCUT2D eigenvalue weighted by molar-refractivity contribution is 6.32. The van der Waals surface area contributed by atoms with Gasteiger partial charge in [0.25, 0.3) is 5.91 Å². The number of anilines is 1. The van der Waals surface area contributed by atoms with Gasteiger partial charge in [-0.25, -0.2) is 0 Å². The Morgan fingerprint density at radius 2 is 1.65 bits per heavy atom. The maximum Gasteiger partial charge on any atom is 0.258 e. The van der Waals surface area contributed by atoms with E-state index in [1.54, 1.807) is 4.90 Å². The number of fused-ring (bicyclic) bond motifs is 1. The van der Waals surface area contributed by atoms with E-state index in [9.17, 15) is 4.79 Å². The minimum atomic E-state index is 0.0453. The molecule has 0 N–H and O–H groups in total. The Kier molecular flexibility index (Phi) is 3.21. The van der Waals surface area contributed by atoms with Crippen molar-refractivity contribution in [3.05, 3.63) is 77.9 Å². The second kappa shape index (κ2) is 5.17. The molecule has 1 aliphatic rings. The predicted molar refractivity (Wildman–Crippen MR) is 83.3 cm³/mol. The molecule has 1 aliphatic heterocycles. The molecule has 0 fully saturated rings. The van der Waals surface area contributed by atoms with Crippen LogP contribution in [0.25, 0.3) is 11.6 Å². The third-order valence-corrected chi connectivity index (χ3v) is 3.44. The lowest BCUT2D eigenvalue weighted by Gasteiger charge is -2.07. The van der Waals surface area contributed by atoms with E-state index in [2.05, 4.69) is 0 Å².